The van der Waals surface area contributed by atoms with Gasteiger partial charge in [0.2, 0.25) is 0 Å². The second-order valence-electron chi connectivity index (χ2n) is 9.80. The molecule has 0 amide bonds. The number of phenolic OH excluding ortho intramolecular Hbond substituents is 2. The Kier molecular flexibility index (Phi) is 12.1. The fraction of sp³-hybridized carbons (Fsp3) is 0.200. The van der Waals surface area contributed by atoms with E-state index in [0.717, 1.165) is 18.2 Å². The van der Waals surface area contributed by atoms with Gasteiger partial charge in [-0.1, -0.05) is 30.3 Å². The van der Waals surface area contributed by atoms with Crippen LogP contribution in [0, 0.1) is 0 Å². The molecule has 0 aliphatic heterocycles. The van der Waals surface area contributed by atoms with E-state index in [1.165, 1.54) is 28.3 Å². The minimum absolute atomic E-state index is 0. The van der Waals surface area contributed by atoms with Crippen LogP contribution in [0.5, 0.6) is 11.5 Å². The first kappa shape index (κ1) is 35.1. The number of carboxylic acids is 2. The zero-order valence-corrected chi connectivity index (χ0v) is 25.6. The van der Waals surface area contributed by atoms with Gasteiger partial charge in [0.05, 0.1) is 41.5 Å². The molecule has 235 valence electrons. The largest absolute Gasteiger partial charge is 2.00 e. The first-order valence-electron chi connectivity index (χ1n) is 13.3. The quantitative estimate of drug-likeness (QED) is 0.0964. The van der Waals surface area contributed by atoms with Gasteiger partial charge in [-0.2, -0.15) is 8.42 Å². The zero-order valence-electron chi connectivity index (χ0n) is 23.6. The number of carboxylic acid groups (broad SMARTS) is 2. The maximum absolute atomic E-state index is 12.1. The first-order valence-corrected chi connectivity index (χ1v) is 14.7. The molecular formula is C30H30MnN4O9S+2. The summed E-state index contributed by atoms with van der Waals surface area (Å²) in [6, 6.07) is 17.4. The van der Waals surface area contributed by atoms with Gasteiger partial charge in [-0.25, -0.2) is 0 Å². The molecule has 0 aliphatic carbocycles. The molecule has 4 rings (SSSR count). The van der Waals surface area contributed by atoms with Crippen molar-refractivity contribution in [3.05, 3.63) is 114 Å². The molecule has 1 unspecified atom stereocenters. The number of aromatic nitrogens is 2. The summed E-state index contributed by atoms with van der Waals surface area (Å²) in [5, 5.41) is 41.3. The van der Waals surface area contributed by atoms with Crippen LogP contribution in [-0.4, -0.2) is 91.3 Å². The van der Waals surface area contributed by atoms with Crippen LogP contribution in [0.3, 0.4) is 0 Å². The van der Waals surface area contributed by atoms with Crippen LogP contribution in [0.25, 0.3) is 0 Å². The van der Waals surface area contributed by atoms with E-state index in [2.05, 4.69) is 9.97 Å². The number of aromatic hydroxyl groups is 2. The van der Waals surface area contributed by atoms with E-state index in [4.69, 9.17) is 0 Å². The van der Waals surface area contributed by atoms with E-state index in [0.29, 0.717) is 11.3 Å². The topological polar surface area (TPSA) is 202 Å². The SMILES string of the molecule is O=C(O)CN(CCN(CC(=O)O)[C@H](c1ccccn1)c1ccccc1O)C(c1ccccn1)c1cc(S(=O)(=O)O)ccc1O.[Mn+2]. The van der Waals surface area contributed by atoms with Gasteiger partial charge >= 0.3 is 29.0 Å². The van der Waals surface area contributed by atoms with Gasteiger partial charge in [0.1, 0.15) is 11.5 Å². The number of hydrogen-bond donors (Lipinski definition) is 5. The van der Waals surface area contributed by atoms with Crippen LogP contribution in [0.15, 0.2) is 96.2 Å². The van der Waals surface area contributed by atoms with Crippen molar-refractivity contribution in [2.24, 2.45) is 0 Å². The summed E-state index contributed by atoms with van der Waals surface area (Å²) in [5.74, 6) is -2.93. The number of rotatable bonds is 14. The molecule has 1 radical (unpaired) electrons. The molecule has 15 heteroatoms. The van der Waals surface area contributed by atoms with Crippen LogP contribution < -0.4 is 0 Å². The maximum Gasteiger partial charge on any atom is 2.00 e. The van der Waals surface area contributed by atoms with Gasteiger partial charge in [0.15, 0.2) is 0 Å². The number of aliphatic carboxylic acids is 2. The van der Waals surface area contributed by atoms with Crippen molar-refractivity contribution in [1.82, 2.24) is 19.8 Å². The van der Waals surface area contributed by atoms with E-state index in [-0.39, 0.29) is 52.9 Å². The summed E-state index contributed by atoms with van der Waals surface area (Å²) in [7, 11) is -4.69. The Morgan fingerprint density at radius 1 is 0.689 bits per heavy atom. The first-order chi connectivity index (χ1) is 21.0. The van der Waals surface area contributed by atoms with Crippen LogP contribution in [0.1, 0.15) is 34.6 Å². The van der Waals surface area contributed by atoms with Crippen molar-refractivity contribution >= 4 is 22.1 Å². The smallest absolute Gasteiger partial charge is 0.508 e. The summed E-state index contributed by atoms with van der Waals surface area (Å²) in [5.41, 5.74) is 1.01. The number of carbonyl (C=O) groups is 2. The third-order valence-electron chi connectivity index (χ3n) is 6.84. The molecule has 2 aromatic carbocycles. The van der Waals surface area contributed by atoms with Crippen molar-refractivity contribution in [2.75, 3.05) is 26.2 Å². The minimum Gasteiger partial charge on any atom is -0.508 e. The molecule has 0 saturated heterocycles. The van der Waals surface area contributed by atoms with Crippen molar-refractivity contribution in [3.8, 4) is 11.5 Å². The molecule has 0 spiro atoms. The third kappa shape index (κ3) is 9.08. The number of phenols is 2. The maximum atomic E-state index is 12.1. The van der Waals surface area contributed by atoms with E-state index in [9.17, 15) is 43.0 Å². The second kappa shape index (κ2) is 15.6. The summed E-state index contributed by atoms with van der Waals surface area (Å²) in [4.78, 5) is 35.3. The molecule has 4 aromatic rings. The van der Waals surface area contributed by atoms with E-state index in [1.807, 2.05) is 0 Å². The van der Waals surface area contributed by atoms with E-state index in [1.54, 1.807) is 54.6 Å². The Morgan fingerprint density at radius 3 is 1.60 bits per heavy atom. The summed E-state index contributed by atoms with van der Waals surface area (Å²) in [6.07, 6.45) is 2.97. The van der Waals surface area contributed by atoms with Crippen LogP contribution >= 0.6 is 0 Å². The van der Waals surface area contributed by atoms with Gasteiger partial charge in [-0.3, -0.25) is 33.9 Å². The van der Waals surface area contributed by atoms with Gasteiger partial charge in [-0.05, 0) is 48.5 Å². The Morgan fingerprint density at radius 2 is 1.16 bits per heavy atom. The van der Waals surface area contributed by atoms with Crippen LogP contribution in [0.2, 0.25) is 0 Å². The predicted molar refractivity (Wildman–Crippen MR) is 157 cm³/mol. The number of hydrogen-bond acceptors (Lipinski definition) is 10. The molecule has 0 saturated carbocycles. The second-order valence-corrected chi connectivity index (χ2v) is 11.2. The average molecular weight is 678 g/mol. The summed E-state index contributed by atoms with van der Waals surface area (Å²) < 4.78 is 33.6. The standard InChI is InChI=1S/C30H30N4O9S.Mn/c35-25-10-2-1-7-21(25)29(23-8-3-5-13-31-23)33(18-27(37)38)15-16-34(19-28(39)40)30(24-9-4-6-14-32-24)22-17-20(44(41,42)43)11-12-26(22)36;/h1-14,17,29-30,35-36H,15-16,18-19H2,(H,37,38)(H,39,40)(H,41,42,43);/q;+2/t29-,30?;/m0./s1. The zero-order chi connectivity index (χ0) is 31.9. The van der Waals surface area contributed by atoms with Gasteiger partial charge in [0.25, 0.3) is 10.1 Å². The molecule has 0 bridgehead atoms. The minimum atomic E-state index is -4.69. The average Bonchev–Trinajstić information content (AvgIpc) is 2.98. The molecule has 0 fully saturated rings. The Bertz CT molecular complexity index is 1710. The molecule has 0 aliphatic rings. The van der Waals surface area contributed by atoms with E-state index < -0.39 is 52.1 Å². The van der Waals surface area contributed by atoms with Gasteiger partial charge < -0.3 is 20.4 Å². The summed E-state index contributed by atoms with van der Waals surface area (Å²) >= 11 is 0. The fourth-order valence-electron chi connectivity index (χ4n) is 5.00. The normalized spacial score (nSPS) is 12.8. The van der Waals surface area contributed by atoms with Crippen LogP contribution in [-0.2, 0) is 36.8 Å². The molecule has 5 N–H and O–H groups in total. The van der Waals surface area contributed by atoms with Gasteiger partial charge in [0, 0.05) is 36.6 Å². The van der Waals surface area contributed by atoms with Crippen molar-refractivity contribution in [3.63, 3.8) is 0 Å². The Hall–Kier alpha value is -4.37. The van der Waals surface area contributed by atoms with Crippen molar-refractivity contribution in [2.45, 2.75) is 17.0 Å². The Labute approximate surface area is 269 Å². The summed E-state index contributed by atoms with van der Waals surface area (Å²) in [6.45, 7) is -1.36. The Balaban J connectivity index is 0.00000552. The predicted octanol–water partition coefficient (Wildman–Crippen LogP) is 2.78. The molecular weight excluding hydrogens is 647 g/mol. The molecule has 2 heterocycles. The number of nitrogens with zero attached hydrogens (tertiary/aromatic N) is 4. The molecule has 45 heavy (non-hydrogen) atoms. The fourth-order valence-corrected chi connectivity index (χ4v) is 5.51. The van der Waals surface area contributed by atoms with Crippen LogP contribution in [0.4, 0.5) is 0 Å². The molecule has 2 atom stereocenters. The number of pyridine rings is 2. The van der Waals surface area contributed by atoms with Crippen molar-refractivity contribution < 1.29 is 60.1 Å². The van der Waals surface area contributed by atoms with E-state index >= 15 is 0 Å². The van der Waals surface area contributed by atoms with Gasteiger partial charge in [-0.15, -0.1) is 0 Å². The third-order valence-corrected chi connectivity index (χ3v) is 7.69. The molecule has 2 aromatic heterocycles. The number of para-hydroxylation sites is 1. The monoisotopic (exact) mass is 677 g/mol. The number of benzene rings is 2. The van der Waals surface area contributed by atoms with Crippen molar-refractivity contribution in [1.29, 1.82) is 0 Å². The molecule has 13 nitrogen and oxygen atoms in total.